The normalized spacial score (nSPS) is 11.2. The van der Waals surface area contributed by atoms with Crippen LogP contribution < -0.4 is 11.0 Å². The van der Waals surface area contributed by atoms with Crippen molar-refractivity contribution in [3.63, 3.8) is 0 Å². The molecule has 2 N–H and O–H groups in total. The van der Waals surface area contributed by atoms with Crippen molar-refractivity contribution in [1.29, 1.82) is 0 Å². The van der Waals surface area contributed by atoms with Gasteiger partial charge in [-0.25, -0.2) is 4.68 Å². The molecule has 0 aliphatic heterocycles. The average molecular weight is 355 g/mol. The predicted molar refractivity (Wildman–Crippen MR) is 103 cm³/mol. The molecule has 0 aliphatic rings. The second-order valence-electron chi connectivity index (χ2n) is 5.96. The van der Waals surface area contributed by atoms with Crippen molar-refractivity contribution >= 4 is 23.5 Å². The van der Waals surface area contributed by atoms with Crippen LogP contribution in [0, 0.1) is 20.8 Å². The van der Waals surface area contributed by atoms with Gasteiger partial charge in [0, 0.05) is 10.7 Å². The maximum Gasteiger partial charge on any atom is 0.280 e. The van der Waals surface area contributed by atoms with Crippen LogP contribution in [0.1, 0.15) is 22.4 Å². The highest BCUT2D eigenvalue weighted by Gasteiger charge is 2.11. The van der Waals surface area contributed by atoms with Crippen molar-refractivity contribution in [2.45, 2.75) is 20.8 Å². The minimum atomic E-state index is -0.175. The molecule has 0 spiro atoms. The van der Waals surface area contributed by atoms with Crippen LogP contribution >= 0.6 is 11.6 Å². The lowest BCUT2D eigenvalue weighted by atomic mass is 10.1. The first-order valence-electron chi connectivity index (χ1n) is 7.89. The fourth-order valence-electron chi connectivity index (χ4n) is 2.61. The molecule has 0 aliphatic carbocycles. The van der Waals surface area contributed by atoms with E-state index in [1.807, 2.05) is 39.0 Å². The molecule has 0 unspecified atom stereocenters. The van der Waals surface area contributed by atoms with Crippen LogP contribution in [0.25, 0.3) is 5.69 Å². The fraction of sp³-hybridized carbons (Fsp3) is 0.158. The highest BCUT2D eigenvalue weighted by atomic mass is 35.5. The molecule has 6 heteroatoms. The summed E-state index contributed by atoms with van der Waals surface area (Å²) >= 11 is 6.01. The number of aromatic amines is 1. The highest BCUT2D eigenvalue weighted by molar-refractivity contribution is 6.30. The molecule has 0 atom stereocenters. The summed E-state index contributed by atoms with van der Waals surface area (Å²) in [6, 6.07) is 13.2. The van der Waals surface area contributed by atoms with Gasteiger partial charge >= 0.3 is 0 Å². The molecule has 0 radical (unpaired) electrons. The summed E-state index contributed by atoms with van der Waals surface area (Å²) in [4.78, 5) is 12.6. The van der Waals surface area contributed by atoms with Crippen molar-refractivity contribution in [2.75, 3.05) is 5.43 Å². The van der Waals surface area contributed by atoms with Crippen LogP contribution in [-0.2, 0) is 0 Å². The zero-order valence-corrected chi connectivity index (χ0v) is 15.1. The van der Waals surface area contributed by atoms with Gasteiger partial charge in [0.15, 0.2) is 0 Å². The number of aryl methyl sites for hydroxylation is 3. The van der Waals surface area contributed by atoms with E-state index in [0.29, 0.717) is 16.3 Å². The van der Waals surface area contributed by atoms with E-state index < -0.39 is 0 Å². The molecule has 128 valence electrons. The van der Waals surface area contributed by atoms with Crippen LogP contribution in [0.15, 0.2) is 52.4 Å². The first-order valence-corrected chi connectivity index (χ1v) is 8.27. The summed E-state index contributed by atoms with van der Waals surface area (Å²) in [7, 11) is 0. The first kappa shape index (κ1) is 17.0. The molecule has 1 heterocycles. The lowest BCUT2D eigenvalue weighted by Crippen LogP contribution is -2.17. The van der Waals surface area contributed by atoms with Gasteiger partial charge in [-0.1, -0.05) is 35.4 Å². The Hall–Kier alpha value is -2.79. The lowest BCUT2D eigenvalue weighted by Gasteiger charge is -2.05. The minimum Gasteiger partial charge on any atom is -0.295 e. The van der Waals surface area contributed by atoms with E-state index >= 15 is 0 Å². The van der Waals surface area contributed by atoms with E-state index in [-0.39, 0.29) is 5.56 Å². The Labute approximate surface area is 150 Å². The Balaban J connectivity index is 1.87. The Kier molecular flexibility index (Phi) is 4.76. The SMILES string of the molecule is Cc1ccc(N/N=C/c2c(C)[nH]n(-c3cccc(Cl)c3)c2=O)c(C)c1. The molecule has 0 fully saturated rings. The van der Waals surface area contributed by atoms with Gasteiger partial charge in [0.1, 0.15) is 0 Å². The number of nitrogens with zero attached hydrogens (tertiary/aromatic N) is 2. The molecule has 0 saturated carbocycles. The molecule has 5 nitrogen and oxygen atoms in total. The number of hydrogen-bond acceptors (Lipinski definition) is 3. The Morgan fingerprint density at radius 1 is 1.16 bits per heavy atom. The molecular weight excluding hydrogens is 336 g/mol. The predicted octanol–water partition coefficient (Wildman–Crippen LogP) is 4.19. The zero-order valence-electron chi connectivity index (χ0n) is 14.3. The van der Waals surface area contributed by atoms with Crippen LogP contribution in [0.4, 0.5) is 5.69 Å². The third kappa shape index (κ3) is 3.67. The van der Waals surface area contributed by atoms with Crippen molar-refractivity contribution in [3.8, 4) is 5.69 Å². The van der Waals surface area contributed by atoms with Gasteiger partial charge in [0.2, 0.25) is 0 Å². The van der Waals surface area contributed by atoms with Gasteiger partial charge in [-0.2, -0.15) is 5.10 Å². The van der Waals surface area contributed by atoms with E-state index in [1.54, 1.807) is 18.2 Å². The Bertz CT molecular complexity index is 1000. The molecule has 2 aromatic carbocycles. The molecule has 1 aromatic heterocycles. The second kappa shape index (κ2) is 6.99. The minimum absolute atomic E-state index is 0.175. The number of aromatic nitrogens is 2. The van der Waals surface area contributed by atoms with E-state index in [4.69, 9.17) is 11.6 Å². The molecule has 0 amide bonds. The molecule has 0 saturated heterocycles. The smallest absolute Gasteiger partial charge is 0.280 e. The number of benzene rings is 2. The van der Waals surface area contributed by atoms with E-state index in [1.165, 1.54) is 16.5 Å². The van der Waals surface area contributed by atoms with Gasteiger partial charge in [-0.3, -0.25) is 15.3 Å². The van der Waals surface area contributed by atoms with Crippen molar-refractivity contribution in [2.24, 2.45) is 5.10 Å². The molecule has 25 heavy (non-hydrogen) atoms. The summed E-state index contributed by atoms with van der Waals surface area (Å²) < 4.78 is 1.46. The standard InChI is InChI=1S/C19H19ClN4O/c1-12-7-8-18(13(2)9-12)22-21-11-17-14(3)23-24(19(17)25)16-6-4-5-15(20)10-16/h4-11,22-23H,1-3H3/b21-11+. The zero-order chi connectivity index (χ0) is 18.0. The summed E-state index contributed by atoms with van der Waals surface area (Å²) in [6.07, 6.45) is 1.54. The lowest BCUT2D eigenvalue weighted by molar-refractivity contribution is 0.835. The van der Waals surface area contributed by atoms with Crippen LogP contribution in [0.3, 0.4) is 0 Å². The monoisotopic (exact) mass is 354 g/mol. The number of hydrogen-bond donors (Lipinski definition) is 2. The summed E-state index contributed by atoms with van der Waals surface area (Å²) in [5.74, 6) is 0. The highest BCUT2D eigenvalue weighted by Crippen LogP contribution is 2.16. The average Bonchev–Trinajstić information content (AvgIpc) is 2.85. The van der Waals surface area contributed by atoms with Crippen molar-refractivity contribution < 1.29 is 0 Å². The topological polar surface area (TPSA) is 62.2 Å². The molecule has 3 rings (SSSR count). The summed E-state index contributed by atoms with van der Waals surface area (Å²) in [5.41, 5.74) is 7.92. The third-order valence-electron chi connectivity index (χ3n) is 3.94. The van der Waals surface area contributed by atoms with Gasteiger partial charge in [0.25, 0.3) is 5.56 Å². The largest absolute Gasteiger partial charge is 0.295 e. The van der Waals surface area contributed by atoms with Gasteiger partial charge in [0.05, 0.1) is 23.2 Å². The van der Waals surface area contributed by atoms with Gasteiger partial charge in [-0.15, -0.1) is 0 Å². The van der Waals surface area contributed by atoms with Crippen molar-refractivity contribution in [1.82, 2.24) is 9.78 Å². The van der Waals surface area contributed by atoms with Crippen molar-refractivity contribution in [3.05, 3.63) is 80.2 Å². The van der Waals surface area contributed by atoms with E-state index in [0.717, 1.165) is 16.9 Å². The maximum absolute atomic E-state index is 12.6. The number of halogens is 1. The number of hydrazone groups is 1. The van der Waals surface area contributed by atoms with Crippen LogP contribution in [0.2, 0.25) is 5.02 Å². The molecule has 3 aromatic rings. The quantitative estimate of drug-likeness (QED) is 0.545. The van der Waals surface area contributed by atoms with Crippen LogP contribution in [-0.4, -0.2) is 16.0 Å². The summed E-state index contributed by atoms with van der Waals surface area (Å²) in [6.45, 7) is 5.89. The summed E-state index contributed by atoms with van der Waals surface area (Å²) in [5, 5.41) is 7.84. The molecular formula is C19H19ClN4O. The van der Waals surface area contributed by atoms with E-state index in [2.05, 4.69) is 21.7 Å². The van der Waals surface area contributed by atoms with Crippen LogP contribution in [0.5, 0.6) is 0 Å². The van der Waals surface area contributed by atoms with E-state index in [9.17, 15) is 4.79 Å². The second-order valence-corrected chi connectivity index (χ2v) is 6.40. The first-order chi connectivity index (χ1) is 12.0. The number of H-pyrrole nitrogens is 1. The number of nitrogens with one attached hydrogen (secondary N) is 2. The maximum atomic E-state index is 12.6. The molecule has 0 bridgehead atoms. The van der Waals surface area contributed by atoms with Gasteiger partial charge in [-0.05, 0) is 50.6 Å². The number of rotatable bonds is 4. The number of anilines is 1. The third-order valence-corrected chi connectivity index (χ3v) is 4.18. The Morgan fingerprint density at radius 3 is 2.68 bits per heavy atom. The Morgan fingerprint density at radius 2 is 1.96 bits per heavy atom. The van der Waals surface area contributed by atoms with Gasteiger partial charge < -0.3 is 0 Å². The fourth-order valence-corrected chi connectivity index (χ4v) is 2.80.